The summed E-state index contributed by atoms with van der Waals surface area (Å²) in [6.45, 7) is 2.09. The molecule has 1 unspecified atom stereocenters. The minimum Gasteiger partial charge on any atom is -0.338 e. The lowest BCUT2D eigenvalue weighted by Crippen LogP contribution is -2.42. The number of aromatic nitrogens is 1. The monoisotopic (exact) mass is 373 g/mol. The van der Waals surface area contributed by atoms with Gasteiger partial charge in [-0.2, -0.15) is 13.2 Å². The van der Waals surface area contributed by atoms with Gasteiger partial charge in [-0.25, -0.2) is 0 Å². The van der Waals surface area contributed by atoms with Crippen molar-refractivity contribution < 1.29 is 18.0 Å². The zero-order valence-electron chi connectivity index (χ0n) is 12.6. The third-order valence-electron chi connectivity index (χ3n) is 3.60. The third-order valence-corrected chi connectivity index (χ3v) is 3.60. The molecule has 1 N–H and O–H groups in total. The van der Waals surface area contributed by atoms with E-state index in [-0.39, 0.29) is 36.3 Å². The molecule has 0 spiro atoms. The fraction of sp³-hybridized carbons (Fsp3) is 0.571. The lowest BCUT2D eigenvalue weighted by molar-refractivity contribution is -0.141. The highest BCUT2D eigenvalue weighted by atomic mass is 35.5. The number of hydrogen-bond acceptors (Lipinski definition) is 3. The predicted molar refractivity (Wildman–Crippen MR) is 86.3 cm³/mol. The van der Waals surface area contributed by atoms with Gasteiger partial charge in [-0.15, -0.1) is 24.8 Å². The topological polar surface area (TPSA) is 45.2 Å². The molecule has 0 bridgehead atoms. The Bertz CT molecular complexity index is 495. The molecule has 1 saturated heterocycles. The molecule has 2 rings (SSSR count). The number of hydrogen-bond donors (Lipinski definition) is 1. The van der Waals surface area contributed by atoms with Crippen molar-refractivity contribution >= 4 is 30.7 Å². The summed E-state index contributed by atoms with van der Waals surface area (Å²) in [6, 6.07) is 2.04. The second-order valence-corrected chi connectivity index (χ2v) is 5.25. The number of nitrogens with zero attached hydrogens (tertiary/aromatic N) is 2. The van der Waals surface area contributed by atoms with E-state index in [0.717, 1.165) is 31.6 Å². The van der Waals surface area contributed by atoms with E-state index in [1.54, 1.807) is 4.90 Å². The van der Waals surface area contributed by atoms with Crippen molar-refractivity contribution in [3.8, 4) is 0 Å². The fourth-order valence-corrected chi connectivity index (χ4v) is 2.58. The Kier molecular flexibility index (Phi) is 8.87. The molecule has 1 atom stereocenters. The summed E-state index contributed by atoms with van der Waals surface area (Å²) in [5, 5.41) is 3.09. The van der Waals surface area contributed by atoms with Crippen molar-refractivity contribution in [3.63, 3.8) is 0 Å². The average Bonchev–Trinajstić information content (AvgIpc) is 2.46. The van der Waals surface area contributed by atoms with Crippen LogP contribution in [0.3, 0.4) is 0 Å². The van der Waals surface area contributed by atoms with E-state index in [9.17, 15) is 18.0 Å². The first-order valence-corrected chi connectivity index (χ1v) is 6.89. The molecule has 9 heteroatoms. The number of halogens is 5. The van der Waals surface area contributed by atoms with Crippen LogP contribution in [0, 0.1) is 5.92 Å². The molecule has 132 valence electrons. The molecule has 0 aliphatic carbocycles. The van der Waals surface area contributed by atoms with E-state index >= 15 is 0 Å². The van der Waals surface area contributed by atoms with Crippen molar-refractivity contribution in [2.24, 2.45) is 5.92 Å². The van der Waals surface area contributed by atoms with Crippen LogP contribution in [0.15, 0.2) is 18.3 Å². The highest BCUT2D eigenvalue weighted by molar-refractivity contribution is 5.94. The predicted octanol–water partition coefficient (Wildman–Crippen LogP) is 3.02. The van der Waals surface area contributed by atoms with E-state index in [4.69, 9.17) is 0 Å². The lowest BCUT2D eigenvalue weighted by Gasteiger charge is -2.32. The van der Waals surface area contributed by atoms with Crippen molar-refractivity contribution in [1.82, 2.24) is 15.2 Å². The van der Waals surface area contributed by atoms with Gasteiger partial charge in [0, 0.05) is 19.3 Å². The SMILES string of the molecule is CNCC1CCCN(C(=O)c2ccc(C(F)(F)F)nc2)C1.Cl.Cl. The molecule has 1 amide bonds. The number of carbonyl (C=O) groups is 1. The van der Waals surface area contributed by atoms with Crippen LogP contribution < -0.4 is 5.32 Å². The third kappa shape index (κ3) is 5.82. The van der Waals surface area contributed by atoms with E-state index in [1.807, 2.05) is 7.05 Å². The van der Waals surface area contributed by atoms with E-state index < -0.39 is 11.9 Å². The molecule has 0 radical (unpaired) electrons. The summed E-state index contributed by atoms with van der Waals surface area (Å²) < 4.78 is 37.3. The number of carbonyl (C=O) groups excluding carboxylic acids is 1. The first kappa shape index (κ1) is 21.9. The zero-order chi connectivity index (χ0) is 15.5. The van der Waals surface area contributed by atoms with Gasteiger partial charge in [0.15, 0.2) is 0 Å². The maximum Gasteiger partial charge on any atom is 0.433 e. The lowest BCUT2D eigenvalue weighted by atomic mass is 9.97. The Morgan fingerprint density at radius 2 is 2.09 bits per heavy atom. The molecule has 1 aromatic heterocycles. The van der Waals surface area contributed by atoms with Crippen LogP contribution in [-0.4, -0.2) is 42.5 Å². The molecule has 4 nitrogen and oxygen atoms in total. The Morgan fingerprint density at radius 3 is 2.61 bits per heavy atom. The van der Waals surface area contributed by atoms with Gasteiger partial charge in [-0.05, 0) is 44.5 Å². The Labute approximate surface area is 145 Å². The molecule has 0 saturated carbocycles. The first-order valence-electron chi connectivity index (χ1n) is 6.89. The fourth-order valence-electron chi connectivity index (χ4n) is 2.58. The number of amides is 1. The number of nitrogens with one attached hydrogen (secondary N) is 1. The van der Waals surface area contributed by atoms with Crippen LogP contribution in [0.2, 0.25) is 0 Å². The van der Waals surface area contributed by atoms with Crippen LogP contribution in [0.1, 0.15) is 28.9 Å². The van der Waals surface area contributed by atoms with Gasteiger partial charge in [0.2, 0.25) is 0 Å². The van der Waals surface area contributed by atoms with Crippen LogP contribution in [0.4, 0.5) is 13.2 Å². The number of likely N-dealkylation sites (tertiary alicyclic amines) is 1. The van der Waals surface area contributed by atoms with E-state index in [2.05, 4.69) is 10.3 Å². The first-order chi connectivity index (χ1) is 9.91. The summed E-state index contributed by atoms with van der Waals surface area (Å²) >= 11 is 0. The van der Waals surface area contributed by atoms with Crippen LogP contribution in [0.5, 0.6) is 0 Å². The molecule has 0 aromatic carbocycles. The molecule has 2 heterocycles. The van der Waals surface area contributed by atoms with Crippen molar-refractivity contribution in [3.05, 3.63) is 29.6 Å². The molecule has 1 aliphatic heterocycles. The van der Waals surface area contributed by atoms with Crippen molar-refractivity contribution in [2.75, 3.05) is 26.7 Å². The maximum absolute atomic E-state index is 12.4. The molecular formula is C14H20Cl2F3N3O. The molecule has 1 fully saturated rings. The summed E-state index contributed by atoms with van der Waals surface area (Å²) in [4.78, 5) is 17.3. The van der Waals surface area contributed by atoms with Crippen molar-refractivity contribution in [2.45, 2.75) is 19.0 Å². The number of piperidine rings is 1. The Morgan fingerprint density at radius 1 is 1.39 bits per heavy atom. The number of rotatable bonds is 3. The molecule has 1 aliphatic rings. The van der Waals surface area contributed by atoms with Gasteiger partial charge >= 0.3 is 6.18 Å². The second-order valence-electron chi connectivity index (χ2n) is 5.25. The molecular weight excluding hydrogens is 354 g/mol. The van der Waals surface area contributed by atoms with Gasteiger partial charge in [0.25, 0.3) is 5.91 Å². The quantitative estimate of drug-likeness (QED) is 0.885. The Hall–Kier alpha value is -1.05. The molecule has 1 aromatic rings. The summed E-state index contributed by atoms with van der Waals surface area (Å²) in [5.41, 5.74) is -0.779. The van der Waals surface area contributed by atoms with Gasteiger partial charge in [-0.1, -0.05) is 0 Å². The normalized spacial score (nSPS) is 17.9. The maximum atomic E-state index is 12.4. The Balaban J connectivity index is 0.00000242. The minimum atomic E-state index is -4.48. The summed E-state index contributed by atoms with van der Waals surface area (Å²) in [7, 11) is 1.86. The number of pyridine rings is 1. The molecule has 23 heavy (non-hydrogen) atoms. The largest absolute Gasteiger partial charge is 0.433 e. The highest BCUT2D eigenvalue weighted by Gasteiger charge is 2.32. The van der Waals surface area contributed by atoms with Crippen LogP contribution in [0.25, 0.3) is 0 Å². The van der Waals surface area contributed by atoms with Gasteiger partial charge in [-0.3, -0.25) is 9.78 Å². The highest BCUT2D eigenvalue weighted by Crippen LogP contribution is 2.27. The minimum absolute atomic E-state index is 0. The smallest absolute Gasteiger partial charge is 0.338 e. The average molecular weight is 374 g/mol. The summed E-state index contributed by atoms with van der Waals surface area (Å²) in [5.74, 6) is 0.132. The van der Waals surface area contributed by atoms with Gasteiger partial charge in [0.05, 0.1) is 5.56 Å². The standard InChI is InChI=1S/C14H18F3N3O.2ClH/c1-18-7-10-3-2-6-20(9-10)13(21)11-4-5-12(19-8-11)14(15,16)17;;/h4-5,8,10,18H,2-3,6-7,9H2,1H3;2*1H. The van der Waals surface area contributed by atoms with E-state index in [0.29, 0.717) is 19.0 Å². The van der Waals surface area contributed by atoms with Crippen molar-refractivity contribution in [1.29, 1.82) is 0 Å². The van der Waals surface area contributed by atoms with Gasteiger partial charge in [0.1, 0.15) is 5.69 Å². The number of alkyl halides is 3. The van der Waals surface area contributed by atoms with E-state index in [1.165, 1.54) is 6.07 Å². The van der Waals surface area contributed by atoms with Crippen LogP contribution >= 0.6 is 24.8 Å². The second kappa shape index (κ2) is 9.30. The zero-order valence-corrected chi connectivity index (χ0v) is 14.2. The summed E-state index contributed by atoms with van der Waals surface area (Å²) in [6.07, 6.45) is -1.51. The van der Waals surface area contributed by atoms with Gasteiger partial charge < -0.3 is 10.2 Å². The van der Waals surface area contributed by atoms with Crippen LogP contribution in [-0.2, 0) is 6.18 Å².